The molecule has 0 heterocycles. The monoisotopic (exact) mass is 434 g/mol. The van der Waals surface area contributed by atoms with Crippen molar-refractivity contribution >= 4 is 58.0 Å². The number of nitrogens with one attached hydrogen (secondary N) is 1. The number of nitrogens with zero attached hydrogens (tertiary/aromatic N) is 1. The zero-order chi connectivity index (χ0) is 19.4. The van der Waals surface area contributed by atoms with Gasteiger partial charge in [0, 0.05) is 6.04 Å². The summed E-state index contributed by atoms with van der Waals surface area (Å²) >= 11 is 24.2. The fourth-order valence-corrected chi connectivity index (χ4v) is 3.27. The van der Waals surface area contributed by atoms with Gasteiger partial charge in [-0.25, -0.2) is 0 Å². The van der Waals surface area contributed by atoms with Crippen LogP contribution in [0.25, 0.3) is 0 Å². The number of likely N-dealkylation sites (N-methyl/N-ethyl adjacent to an activating group) is 1. The maximum Gasteiger partial charge on any atom is 0.238 e. The first-order valence-corrected chi connectivity index (χ1v) is 9.22. The highest BCUT2D eigenvalue weighted by molar-refractivity contribution is 6.50. The maximum atomic E-state index is 12.4. The average Bonchev–Trinajstić information content (AvgIpc) is 2.63. The molecule has 4 nitrogen and oxygen atoms in total. The summed E-state index contributed by atoms with van der Waals surface area (Å²) in [4.78, 5) is 14.3. The smallest absolute Gasteiger partial charge is 0.238 e. The topological polar surface area (TPSA) is 41.6 Å². The van der Waals surface area contributed by atoms with Crippen molar-refractivity contribution in [3.8, 4) is 5.75 Å². The molecular formula is C18H18Cl4N2O2. The molecule has 1 amide bonds. The van der Waals surface area contributed by atoms with Gasteiger partial charge < -0.3 is 10.1 Å². The third-order valence-electron chi connectivity index (χ3n) is 4.03. The molecule has 0 saturated carbocycles. The van der Waals surface area contributed by atoms with Gasteiger partial charge in [0.05, 0.1) is 39.4 Å². The number of hydrogen-bond acceptors (Lipinski definition) is 3. The molecule has 140 valence electrons. The largest absolute Gasteiger partial charge is 0.497 e. The molecule has 2 aromatic rings. The minimum absolute atomic E-state index is 0.0144. The number of hydrogen-bond donors (Lipinski definition) is 1. The Labute approximate surface area is 172 Å². The number of methoxy groups -OCH3 is 1. The molecule has 0 radical (unpaired) electrons. The second-order valence-electron chi connectivity index (χ2n) is 5.76. The van der Waals surface area contributed by atoms with Crippen molar-refractivity contribution in [3.63, 3.8) is 0 Å². The van der Waals surface area contributed by atoms with Crippen molar-refractivity contribution in [2.75, 3.05) is 26.0 Å². The van der Waals surface area contributed by atoms with Gasteiger partial charge in [-0.1, -0.05) is 58.5 Å². The molecule has 1 N–H and O–H groups in total. The van der Waals surface area contributed by atoms with Crippen LogP contribution in [-0.2, 0) is 4.79 Å². The average molecular weight is 436 g/mol. The Hall–Kier alpha value is -1.17. The van der Waals surface area contributed by atoms with Gasteiger partial charge in [0.2, 0.25) is 5.91 Å². The number of carbonyl (C=O) groups is 1. The number of halogens is 4. The fraction of sp³-hybridized carbons (Fsp3) is 0.278. The summed E-state index contributed by atoms with van der Waals surface area (Å²) in [6.45, 7) is 2.13. The van der Waals surface area contributed by atoms with Crippen LogP contribution in [0.1, 0.15) is 18.5 Å². The quantitative estimate of drug-likeness (QED) is 0.570. The van der Waals surface area contributed by atoms with E-state index >= 15 is 0 Å². The summed E-state index contributed by atoms with van der Waals surface area (Å²) in [5, 5.41) is 3.43. The predicted molar refractivity (Wildman–Crippen MR) is 109 cm³/mol. The van der Waals surface area contributed by atoms with E-state index in [0.29, 0.717) is 0 Å². The van der Waals surface area contributed by atoms with Crippen LogP contribution in [0.2, 0.25) is 20.1 Å². The molecule has 0 bridgehead atoms. The number of anilines is 1. The lowest BCUT2D eigenvalue weighted by atomic mass is 10.1. The summed E-state index contributed by atoms with van der Waals surface area (Å²) in [5.74, 6) is 0.499. The molecule has 0 saturated heterocycles. The molecule has 0 aliphatic heterocycles. The van der Waals surface area contributed by atoms with Crippen molar-refractivity contribution in [3.05, 3.63) is 56.0 Å². The molecule has 0 spiro atoms. The Kier molecular flexibility index (Phi) is 7.44. The molecule has 2 rings (SSSR count). The number of carbonyl (C=O) groups excluding carboxylic acids is 1. The van der Waals surface area contributed by atoms with Crippen molar-refractivity contribution in [1.29, 1.82) is 0 Å². The Bertz CT molecular complexity index is 771. The summed E-state index contributed by atoms with van der Waals surface area (Å²) < 4.78 is 5.16. The lowest BCUT2D eigenvalue weighted by Crippen LogP contribution is -2.32. The zero-order valence-corrected chi connectivity index (χ0v) is 17.5. The van der Waals surface area contributed by atoms with Gasteiger partial charge in [-0.15, -0.1) is 0 Å². The van der Waals surface area contributed by atoms with Gasteiger partial charge in [-0.05, 0) is 37.7 Å². The predicted octanol–water partition coefficient (Wildman–Crippen LogP) is 5.94. The fourth-order valence-electron chi connectivity index (χ4n) is 2.36. The number of benzene rings is 2. The van der Waals surface area contributed by atoms with Crippen LogP contribution in [0.5, 0.6) is 5.75 Å². The van der Waals surface area contributed by atoms with Gasteiger partial charge in [-0.3, -0.25) is 9.69 Å². The first-order chi connectivity index (χ1) is 12.2. The van der Waals surface area contributed by atoms with Gasteiger partial charge >= 0.3 is 0 Å². The van der Waals surface area contributed by atoms with Crippen LogP contribution in [0.3, 0.4) is 0 Å². The molecule has 2 aromatic carbocycles. The Balaban J connectivity index is 2.07. The molecule has 8 heteroatoms. The second-order valence-corrected chi connectivity index (χ2v) is 7.33. The van der Waals surface area contributed by atoms with Crippen molar-refractivity contribution in [2.24, 2.45) is 0 Å². The van der Waals surface area contributed by atoms with Crippen molar-refractivity contribution in [2.45, 2.75) is 13.0 Å². The SMILES string of the molecule is COc1ccc(C(C)N(C)CC(=O)Nc2c(Cl)c(Cl)cc(Cl)c2Cl)cc1. The second kappa shape index (κ2) is 9.16. The highest BCUT2D eigenvalue weighted by atomic mass is 35.5. The standard InChI is InChI=1S/C18H18Cl4N2O2/c1-10(11-4-6-12(26-3)7-5-11)24(2)9-15(25)23-18-16(21)13(19)8-14(20)17(18)22/h4-8,10H,9H2,1-3H3,(H,23,25). The van der Waals surface area contributed by atoms with Crippen molar-refractivity contribution < 1.29 is 9.53 Å². The first-order valence-electron chi connectivity index (χ1n) is 7.71. The first kappa shape index (κ1) is 21.1. The maximum absolute atomic E-state index is 12.4. The van der Waals surface area contributed by atoms with E-state index < -0.39 is 0 Å². The third-order valence-corrected chi connectivity index (χ3v) is 5.60. The summed E-state index contributed by atoms with van der Waals surface area (Å²) in [6, 6.07) is 9.13. The van der Waals surface area contributed by atoms with Crippen LogP contribution in [0.4, 0.5) is 5.69 Å². The van der Waals surface area contributed by atoms with E-state index in [4.69, 9.17) is 51.1 Å². The molecule has 0 aromatic heterocycles. The van der Waals surface area contributed by atoms with E-state index in [0.717, 1.165) is 11.3 Å². The number of ether oxygens (including phenoxy) is 1. The van der Waals surface area contributed by atoms with E-state index in [-0.39, 0.29) is 44.3 Å². The minimum atomic E-state index is -0.282. The molecule has 26 heavy (non-hydrogen) atoms. The molecular weight excluding hydrogens is 418 g/mol. The van der Waals surface area contributed by atoms with Crippen LogP contribution in [0.15, 0.2) is 30.3 Å². The van der Waals surface area contributed by atoms with Crippen LogP contribution >= 0.6 is 46.4 Å². The van der Waals surface area contributed by atoms with Crippen LogP contribution < -0.4 is 10.1 Å². The van der Waals surface area contributed by atoms with Gasteiger partial charge in [0.25, 0.3) is 0 Å². The molecule has 0 aliphatic rings. The van der Waals surface area contributed by atoms with E-state index in [1.165, 1.54) is 6.07 Å². The third kappa shape index (κ3) is 4.96. The highest BCUT2D eigenvalue weighted by Crippen LogP contribution is 2.41. The Morgan fingerprint density at radius 1 is 1.12 bits per heavy atom. The van der Waals surface area contributed by atoms with E-state index in [1.807, 2.05) is 43.1 Å². The van der Waals surface area contributed by atoms with E-state index in [1.54, 1.807) is 7.11 Å². The van der Waals surface area contributed by atoms with Gasteiger partial charge in [0.15, 0.2) is 0 Å². The molecule has 0 fully saturated rings. The zero-order valence-electron chi connectivity index (χ0n) is 14.4. The van der Waals surface area contributed by atoms with E-state index in [9.17, 15) is 4.79 Å². The Morgan fingerprint density at radius 3 is 2.15 bits per heavy atom. The normalized spacial score (nSPS) is 12.2. The molecule has 1 unspecified atom stereocenters. The summed E-state index contributed by atoms with van der Waals surface area (Å²) in [5.41, 5.74) is 1.27. The van der Waals surface area contributed by atoms with Gasteiger partial charge in [-0.2, -0.15) is 0 Å². The number of amides is 1. The van der Waals surface area contributed by atoms with Crippen molar-refractivity contribution in [1.82, 2.24) is 4.90 Å². The highest BCUT2D eigenvalue weighted by Gasteiger charge is 2.19. The molecule has 0 aliphatic carbocycles. The molecule has 1 atom stereocenters. The number of rotatable bonds is 6. The van der Waals surface area contributed by atoms with Crippen LogP contribution in [-0.4, -0.2) is 31.5 Å². The summed E-state index contributed by atoms with van der Waals surface area (Å²) in [7, 11) is 3.47. The lowest BCUT2D eigenvalue weighted by Gasteiger charge is -2.25. The Morgan fingerprint density at radius 2 is 1.65 bits per heavy atom. The van der Waals surface area contributed by atoms with Crippen LogP contribution in [0, 0.1) is 0 Å². The lowest BCUT2D eigenvalue weighted by molar-refractivity contribution is -0.117. The minimum Gasteiger partial charge on any atom is -0.497 e. The van der Waals surface area contributed by atoms with Gasteiger partial charge in [0.1, 0.15) is 5.75 Å². The summed E-state index contributed by atoms with van der Waals surface area (Å²) in [6.07, 6.45) is 0. The van der Waals surface area contributed by atoms with E-state index in [2.05, 4.69) is 5.32 Å².